The third-order valence-corrected chi connectivity index (χ3v) is 5.45. The van der Waals surface area contributed by atoms with Crippen molar-refractivity contribution < 1.29 is 13.9 Å². The fraction of sp³-hybridized carbons (Fsp3) is 0.409. The largest absolute Gasteiger partial charge is 0.478 e. The van der Waals surface area contributed by atoms with Crippen LogP contribution >= 0.6 is 0 Å². The first kappa shape index (κ1) is 20.9. The molecular formula is C22H25FN6O2. The summed E-state index contributed by atoms with van der Waals surface area (Å²) in [6.07, 6.45) is 6.84. The Bertz CT molecular complexity index is 1020. The number of nitrogens with zero attached hydrogens (tertiary/aromatic N) is 6. The zero-order chi connectivity index (χ0) is 21.8. The Balaban J connectivity index is 1.52. The predicted molar refractivity (Wildman–Crippen MR) is 111 cm³/mol. The molecule has 9 heteroatoms. The molecule has 2 atom stereocenters. The number of likely N-dealkylation sites (tertiary alicyclic amines) is 1. The smallest absolute Gasteiger partial charge is 0.275 e. The van der Waals surface area contributed by atoms with E-state index in [1.165, 1.54) is 16.9 Å². The Kier molecular flexibility index (Phi) is 6.20. The van der Waals surface area contributed by atoms with Crippen molar-refractivity contribution >= 4 is 5.91 Å². The Labute approximate surface area is 180 Å². The average molecular weight is 424 g/mol. The summed E-state index contributed by atoms with van der Waals surface area (Å²) in [4.78, 5) is 25.4. The Morgan fingerprint density at radius 2 is 2.00 bits per heavy atom. The predicted octanol–water partition coefficient (Wildman–Crippen LogP) is 3.21. The van der Waals surface area contributed by atoms with Gasteiger partial charge in [-0.25, -0.2) is 14.4 Å². The fourth-order valence-electron chi connectivity index (χ4n) is 3.85. The molecule has 0 saturated carbocycles. The van der Waals surface area contributed by atoms with Crippen LogP contribution < -0.4 is 4.74 Å². The van der Waals surface area contributed by atoms with Gasteiger partial charge in [0, 0.05) is 30.8 Å². The van der Waals surface area contributed by atoms with Gasteiger partial charge in [0.2, 0.25) is 5.88 Å². The zero-order valence-electron chi connectivity index (χ0n) is 17.6. The van der Waals surface area contributed by atoms with Crippen LogP contribution in [0.3, 0.4) is 0 Å². The summed E-state index contributed by atoms with van der Waals surface area (Å²) < 4.78 is 18.7. The summed E-state index contributed by atoms with van der Waals surface area (Å²) in [5.74, 6) is 0.234. The quantitative estimate of drug-likeness (QED) is 0.604. The first-order chi connectivity index (χ1) is 15.0. The van der Waals surface area contributed by atoms with E-state index in [4.69, 9.17) is 4.74 Å². The Morgan fingerprint density at radius 1 is 1.19 bits per heavy atom. The number of aryl methyl sites for hydroxylation is 1. The number of hydrogen-bond donors (Lipinski definition) is 0. The van der Waals surface area contributed by atoms with E-state index >= 15 is 0 Å². The van der Waals surface area contributed by atoms with Crippen LogP contribution in [0.25, 0.3) is 5.69 Å². The molecule has 31 heavy (non-hydrogen) atoms. The lowest BCUT2D eigenvalue weighted by Crippen LogP contribution is -2.47. The normalized spacial score (nSPS) is 18.7. The number of carbonyl (C=O) groups excluding carboxylic acids is 1. The van der Waals surface area contributed by atoms with Gasteiger partial charge < -0.3 is 9.64 Å². The minimum atomic E-state index is -0.404. The van der Waals surface area contributed by atoms with Gasteiger partial charge in [-0.2, -0.15) is 10.2 Å². The number of amides is 1. The number of piperidine rings is 1. The number of hydrogen-bond acceptors (Lipinski definition) is 6. The van der Waals surface area contributed by atoms with Crippen molar-refractivity contribution in [2.45, 2.75) is 39.2 Å². The first-order valence-electron chi connectivity index (χ1n) is 10.4. The highest BCUT2D eigenvalue weighted by Gasteiger charge is 2.32. The zero-order valence-corrected chi connectivity index (χ0v) is 17.6. The fourth-order valence-corrected chi connectivity index (χ4v) is 3.85. The molecule has 0 N–H and O–H groups in total. The molecule has 0 spiro atoms. The molecule has 4 rings (SSSR count). The summed E-state index contributed by atoms with van der Waals surface area (Å²) in [5, 5.41) is 8.34. The summed E-state index contributed by atoms with van der Waals surface area (Å²) >= 11 is 0. The molecule has 3 aromatic rings. The van der Waals surface area contributed by atoms with Gasteiger partial charge in [0.1, 0.15) is 11.5 Å². The molecule has 1 aliphatic heterocycles. The molecule has 1 saturated heterocycles. The van der Waals surface area contributed by atoms with Crippen LogP contribution in [-0.2, 0) is 0 Å². The van der Waals surface area contributed by atoms with E-state index in [2.05, 4.69) is 27.1 Å². The summed E-state index contributed by atoms with van der Waals surface area (Å²) in [7, 11) is 0. The SMILES string of the molecule is Cc1ccc(-n2nccn2)c(C(=O)N2CC(C)CCC2CCOc2ccc(F)cn2)n1. The summed E-state index contributed by atoms with van der Waals surface area (Å²) in [6, 6.07) is 6.50. The van der Waals surface area contributed by atoms with E-state index in [1.54, 1.807) is 12.4 Å². The maximum atomic E-state index is 13.6. The van der Waals surface area contributed by atoms with Crippen LogP contribution in [0.1, 0.15) is 42.4 Å². The lowest BCUT2D eigenvalue weighted by atomic mass is 9.92. The Hall–Kier alpha value is -3.36. The van der Waals surface area contributed by atoms with Crippen LogP contribution in [0, 0.1) is 18.7 Å². The number of halogens is 1. The molecule has 0 radical (unpaired) electrons. The van der Waals surface area contributed by atoms with Crippen molar-refractivity contribution in [1.29, 1.82) is 0 Å². The number of ether oxygens (including phenoxy) is 1. The number of carbonyl (C=O) groups is 1. The highest BCUT2D eigenvalue weighted by Crippen LogP contribution is 2.27. The van der Waals surface area contributed by atoms with Crippen molar-refractivity contribution in [1.82, 2.24) is 29.9 Å². The van der Waals surface area contributed by atoms with Gasteiger partial charge in [0.25, 0.3) is 5.91 Å². The number of pyridine rings is 2. The highest BCUT2D eigenvalue weighted by atomic mass is 19.1. The van der Waals surface area contributed by atoms with Gasteiger partial charge in [0.15, 0.2) is 5.69 Å². The lowest BCUT2D eigenvalue weighted by Gasteiger charge is -2.38. The average Bonchev–Trinajstić information content (AvgIpc) is 3.30. The van der Waals surface area contributed by atoms with Crippen molar-refractivity contribution in [3.63, 3.8) is 0 Å². The van der Waals surface area contributed by atoms with E-state index in [9.17, 15) is 9.18 Å². The van der Waals surface area contributed by atoms with E-state index in [0.717, 1.165) is 24.7 Å². The molecule has 2 unspecified atom stereocenters. The molecule has 1 aliphatic rings. The third kappa shape index (κ3) is 4.87. The molecule has 162 valence electrons. The van der Waals surface area contributed by atoms with Crippen molar-refractivity contribution in [2.75, 3.05) is 13.2 Å². The van der Waals surface area contributed by atoms with E-state index in [0.29, 0.717) is 42.8 Å². The molecule has 1 fully saturated rings. The second-order valence-corrected chi connectivity index (χ2v) is 7.88. The van der Waals surface area contributed by atoms with Crippen LogP contribution in [0.4, 0.5) is 4.39 Å². The molecule has 0 aromatic carbocycles. The van der Waals surface area contributed by atoms with Gasteiger partial charge in [-0.05, 0) is 43.9 Å². The molecule has 8 nitrogen and oxygen atoms in total. The lowest BCUT2D eigenvalue weighted by molar-refractivity contribution is 0.0500. The van der Waals surface area contributed by atoms with Crippen LogP contribution in [-0.4, -0.2) is 55.0 Å². The van der Waals surface area contributed by atoms with Crippen molar-refractivity contribution in [3.8, 4) is 11.6 Å². The van der Waals surface area contributed by atoms with Gasteiger partial charge >= 0.3 is 0 Å². The molecular weight excluding hydrogens is 399 g/mol. The van der Waals surface area contributed by atoms with Gasteiger partial charge in [-0.15, -0.1) is 4.80 Å². The monoisotopic (exact) mass is 424 g/mol. The molecule has 0 aliphatic carbocycles. The second-order valence-electron chi connectivity index (χ2n) is 7.88. The van der Waals surface area contributed by atoms with E-state index in [-0.39, 0.29) is 11.9 Å². The maximum absolute atomic E-state index is 13.6. The summed E-state index contributed by atoms with van der Waals surface area (Å²) in [6.45, 7) is 5.04. The van der Waals surface area contributed by atoms with Crippen molar-refractivity contribution in [3.05, 3.63) is 60.1 Å². The first-order valence-corrected chi connectivity index (χ1v) is 10.4. The van der Waals surface area contributed by atoms with Crippen LogP contribution in [0.2, 0.25) is 0 Å². The highest BCUT2D eigenvalue weighted by molar-refractivity contribution is 5.96. The molecule has 3 aromatic heterocycles. The van der Waals surface area contributed by atoms with E-state index in [1.807, 2.05) is 24.0 Å². The summed E-state index contributed by atoms with van der Waals surface area (Å²) in [5.41, 5.74) is 1.66. The standard InChI is InChI=1S/C22H25FN6O2/c1-15-3-6-18(9-12-31-20-8-5-17(23)13-24-20)28(14-15)22(30)21-19(7-4-16(2)27-21)29-25-10-11-26-29/h4-5,7-8,10-11,13,15,18H,3,6,9,12,14H2,1-2H3. The maximum Gasteiger partial charge on any atom is 0.275 e. The molecule has 4 heterocycles. The van der Waals surface area contributed by atoms with Crippen molar-refractivity contribution in [2.24, 2.45) is 5.92 Å². The molecule has 1 amide bonds. The third-order valence-electron chi connectivity index (χ3n) is 5.45. The minimum Gasteiger partial charge on any atom is -0.478 e. The molecule has 0 bridgehead atoms. The van der Waals surface area contributed by atoms with Crippen LogP contribution in [0.5, 0.6) is 5.88 Å². The second kappa shape index (κ2) is 9.20. The van der Waals surface area contributed by atoms with Gasteiger partial charge in [0.05, 0.1) is 25.2 Å². The number of rotatable bonds is 6. The van der Waals surface area contributed by atoms with E-state index < -0.39 is 5.82 Å². The minimum absolute atomic E-state index is 0.0184. The van der Waals surface area contributed by atoms with Gasteiger partial charge in [-0.3, -0.25) is 4.79 Å². The van der Waals surface area contributed by atoms with Crippen LogP contribution in [0.15, 0.2) is 42.9 Å². The topological polar surface area (TPSA) is 86.0 Å². The number of aromatic nitrogens is 5. The van der Waals surface area contributed by atoms with Gasteiger partial charge in [-0.1, -0.05) is 6.92 Å². The Morgan fingerprint density at radius 3 is 2.74 bits per heavy atom.